The van der Waals surface area contributed by atoms with Crippen LogP contribution in [0.2, 0.25) is 5.02 Å². The summed E-state index contributed by atoms with van der Waals surface area (Å²) in [7, 11) is 1.56. The van der Waals surface area contributed by atoms with Gasteiger partial charge in [0.15, 0.2) is 0 Å². The number of tetrazole rings is 1. The molecular formula is C20H19ClN6O2. The van der Waals surface area contributed by atoms with E-state index in [9.17, 15) is 4.79 Å². The molecule has 148 valence electrons. The zero-order valence-corrected chi connectivity index (χ0v) is 17.0. The first-order valence-electron chi connectivity index (χ1n) is 8.97. The average molecular weight is 411 g/mol. The van der Waals surface area contributed by atoms with Crippen LogP contribution >= 0.6 is 11.6 Å². The van der Waals surface area contributed by atoms with Gasteiger partial charge in [0.25, 0.3) is 0 Å². The maximum Gasteiger partial charge on any atom is 0.368 e. The van der Waals surface area contributed by atoms with Crippen molar-refractivity contribution in [3.63, 3.8) is 0 Å². The Morgan fingerprint density at radius 2 is 1.93 bits per heavy atom. The van der Waals surface area contributed by atoms with Crippen molar-refractivity contribution in [1.29, 1.82) is 0 Å². The van der Waals surface area contributed by atoms with Crippen LogP contribution in [-0.4, -0.2) is 29.6 Å². The first kappa shape index (κ1) is 18.9. The maximum absolute atomic E-state index is 12.3. The summed E-state index contributed by atoms with van der Waals surface area (Å²) in [4.78, 5) is 12.3. The Bertz CT molecular complexity index is 1240. The van der Waals surface area contributed by atoms with Gasteiger partial charge >= 0.3 is 5.69 Å². The molecule has 0 aliphatic carbocycles. The molecule has 8 nitrogen and oxygen atoms in total. The van der Waals surface area contributed by atoms with E-state index < -0.39 is 0 Å². The van der Waals surface area contributed by atoms with Gasteiger partial charge in [-0.3, -0.25) is 0 Å². The van der Waals surface area contributed by atoms with Crippen molar-refractivity contribution in [3.8, 4) is 17.1 Å². The monoisotopic (exact) mass is 410 g/mol. The van der Waals surface area contributed by atoms with Gasteiger partial charge < -0.3 is 4.74 Å². The molecule has 0 atom stereocenters. The summed E-state index contributed by atoms with van der Waals surface area (Å²) < 4.78 is 10.2. The van der Waals surface area contributed by atoms with Crippen LogP contribution < -0.4 is 10.4 Å². The van der Waals surface area contributed by atoms with Crippen LogP contribution in [0.4, 0.5) is 0 Å². The van der Waals surface area contributed by atoms with Gasteiger partial charge in [-0.2, -0.15) is 14.5 Å². The van der Waals surface area contributed by atoms with E-state index in [4.69, 9.17) is 16.3 Å². The Kier molecular flexibility index (Phi) is 4.94. The normalized spacial score (nSPS) is 11.0. The van der Waals surface area contributed by atoms with Crippen molar-refractivity contribution in [3.05, 3.63) is 81.0 Å². The molecule has 2 heterocycles. The van der Waals surface area contributed by atoms with Crippen LogP contribution in [0.25, 0.3) is 11.4 Å². The molecule has 2 aromatic heterocycles. The molecule has 0 aliphatic heterocycles. The highest BCUT2D eigenvalue weighted by atomic mass is 35.5. The number of rotatable bonds is 5. The first-order chi connectivity index (χ1) is 13.9. The third kappa shape index (κ3) is 3.66. The van der Waals surface area contributed by atoms with Gasteiger partial charge in [0.2, 0.25) is 0 Å². The van der Waals surface area contributed by atoms with Crippen molar-refractivity contribution >= 4 is 11.6 Å². The van der Waals surface area contributed by atoms with Gasteiger partial charge in [0.05, 0.1) is 22.1 Å². The lowest BCUT2D eigenvalue weighted by Gasteiger charge is -2.14. The van der Waals surface area contributed by atoms with Crippen molar-refractivity contribution < 1.29 is 4.74 Å². The van der Waals surface area contributed by atoms with Gasteiger partial charge in [0.1, 0.15) is 12.4 Å². The molecule has 9 heteroatoms. The third-order valence-corrected chi connectivity index (χ3v) is 4.91. The Morgan fingerprint density at radius 1 is 1.10 bits per heavy atom. The minimum absolute atomic E-state index is 0.227. The molecule has 0 amide bonds. The molecule has 2 aromatic carbocycles. The minimum Gasteiger partial charge on any atom is -0.487 e. The SMILES string of the molecule is Cc1ccn(-c2ccc(OCc3c(C)cccc3-n3nnn(C)c3=O)c(Cl)c2)n1. The van der Waals surface area contributed by atoms with E-state index in [1.54, 1.807) is 23.9 Å². The van der Waals surface area contributed by atoms with Gasteiger partial charge in [-0.05, 0) is 60.2 Å². The Labute approximate surface area is 171 Å². The second-order valence-corrected chi connectivity index (χ2v) is 7.08. The standard InChI is InChI=1S/C20H19ClN6O2/c1-13-5-4-6-18(27-20(28)25(3)23-24-27)16(13)12-29-19-8-7-15(11-17(19)21)26-10-9-14(2)22-26/h4-11H,12H2,1-3H3. The average Bonchev–Trinajstić information content (AvgIpc) is 3.27. The summed E-state index contributed by atoms with van der Waals surface area (Å²) in [6.45, 7) is 4.11. The lowest BCUT2D eigenvalue weighted by molar-refractivity contribution is 0.305. The second-order valence-electron chi connectivity index (χ2n) is 6.67. The number of hydrogen-bond acceptors (Lipinski definition) is 5. The van der Waals surface area contributed by atoms with Crippen LogP contribution in [0.15, 0.2) is 53.5 Å². The van der Waals surface area contributed by atoms with Crippen molar-refractivity contribution in [1.82, 2.24) is 29.6 Å². The Hall–Kier alpha value is -3.39. The van der Waals surface area contributed by atoms with E-state index in [0.717, 1.165) is 22.5 Å². The molecule has 0 unspecified atom stereocenters. The Morgan fingerprint density at radius 3 is 2.59 bits per heavy atom. The maximum atomic E-state index is 12.3. The third-order valence-electron chi connectivity index (χ3n) is 4.61. The topological polar surface area (TPSA) is 79.8 Å². The second kappa shape index (κ2) is 7.56. The van der Waals surface area contributed by atoms with E-state index in [-0.39, 0.29) is 12.3 Å². The summed E-state index contributed by atoms with van der Waals surface area (Å²) in [5.74, 6) is 0.542. The molecule has 0 saturated carbocycles. The van der Waals surface area contributed by atoms with Gasteiger partial charge in [-0.15, -0.1) is 0 Å². The number of aryl methyl sites for hydroxylation is 3. The Balaban J connectivity index is 1.61. The minimum atomic E-state index is -0.325. The summed E-state index contributed by atoms with van der Waals surface area (Å²) in [6, 6.07) is 13.0. The highest BCUT2D eigenvalue weighted by Gasteiger charge is 2.14. The quantitative estimate of drug-likeness (QED) is 0.505. The number of halogens is 1. The fraction of sp³-hybridized carbons (Fsp3) is 0.200. The number of benzene rings is 2. The fourth-order valence-electron chi connectivity index (χ4n) is 3.00. The zero-order chi connectivity index (χ0) is 20.5. The van der Waals surface area contributed by atoms with Gasteiger partial charge in [-0.1, -0.05) is 23.7 Å². The zero-order valence-electron chi connectivity index (χ0n) is 16.2. The van der Waals surface area contributed by atoms with E-state index in [2.05, 4.69) is 15.5 Å². The summed E-state index contributed by atoms with van der Waals surface area (Å²) in [6.07, 6.45) is 1.87. The molecule has 4 aromatic rings. The predicted molar refractivity (Wildman–Crippen MR) is 109 cm³/mol. The predicted octanol–water partition coefficient (Wildman–Crippen LogP) is 3.00. The summed E-state index contributed by atoms with van der Waals surface area (Å²) in [5, 5.41) is 12.6. The molecule has 0 fully saturated rings. The van der Waals surface area contributed by atoms with Crippen LogP contribution in [0.5, 0.6) is 5.75 Å². The van der Waals surface area contributed by atoms with Crippen LogP contribution in [-0.2, 0) is 13.7 Å². The highest BCUT2D eigenvalue weighted by Crippen LogP contribution is 2.29. The molecular weight excluding hydrogens is 392 g/mol. The summed E-state index contributed by atoms with van der Waals surface area (Å²) in [5.41, 5.74) is 3.88. The number of nitrogens with zero attached hydrogens (tertiary/aromatic N) is 6. The van der Waals surface area contributed by atoms with Crippen LogP contribution in [0.3, 0.4) is 0 Å². The first-order valence-corrected chi connectivity index (χ1v) is 9.34. The van der Waals surface area contributed by atoms with Gasteiger partial charge in [0, 0.05) is 18.8 Å². The van der Waals surface area contributed by atoms with E-state index in [0.29, 0.717) is 16.5 Å². The molecule has 29 heavy (non-hydrogen) atoms. The van der Waals surface area contributed by atoms with Crippen LogP contribution in [0.1, 0.15) is 16.8 Å². The molecule has 0 saturated heterocycles. The van der Waals surface area contributed by atoms with Crippen molar-refractivity contribution in [2.75, 3.05) is 0 Å². The fourth-order valence-corrected chi connectivity index (χ4v) is 3.23. The largest absolute Gasteiger partial charge is 0.487 e. The van der Waals surface area contributed by atoms with Crippen molar-refractivity contribution in [2.24, 2.45) is 7.05 Å². The number of hydrogen-bond donors (Lipinski definition) is 0. The number of aromatic nitrogens is 6. The highest BCUT2D eigenvalue weighted by molar-refractivity contribution is 6.32. The van der Waals surface area contributed by atoms with E-state index in [1.165, 1.54) is 9.36 Å². The number of ether oxygens (including phenoxy) is 1. The molecule has 0 radical (unpaired) electrons. The summed E-state index contributed by atoms with van der Waals surface area (Å²) >= 11 is 6.43. The molecule has 0 N–H and O–H groups in total. The van der Waals surface area contributed by atoms with E-state index in [1.807, 2.05) is 50.4 Å². The molecule has 4 rings (SSSR count). The molecule has 0 aliphatic rings. The van der Waals surface area contributed by atoms with Crippen LogP contribution in [0, 0.1) is 13.8 Å². The lowest BCUT2D eigenvalue weighted by Crippen LogP contribution is -2.23. The van der Waals surface area contributed by atoms with Gasteiger partial charge in [-0.25, -0.2) is 9.48 Å². The lowest BCUT2D eigenvalue weighted by atomic mass is 10.1. The smallest absolute Gasteiger partial charge is 0.368 e. The van der Waals surface area contributed by atoms with Crippen molar-refractivity contribution in [2.45, 2.75) is 20.5 Å². The van der Waals surface area contributed by atoms with E-state index >= 15 is 0 Å². The molecule has 0 bridgehead atoms. The molecule has 0 spiro atoms.